The van der Waals surface area contributed by atoms with Crippen LogP contribution in [0.1, 0.15) is 20.3 Å². The summed E-state index contributed by atoms with van der Waals surface area (Å²) in [6, 6.07) is 0. The minimum absolute atomic E-state index is 0.296. The van der Waals surface area contributed by atoms with Gasteiger partial charge in [-0.05, 0) is 5.92 Å². The van der Waals surface area contributed by atoms with E-state index in [4.69, 9.17) is 5.11 Å². The van der Waals surface area contributed by atoms with Crippen LogP contribution in [0.2, 0.25) is 0 Å². The first-order chi connectivity index (χ1) is 6.82. The molecule has 1 fully saturated rings. The maximum absolute atomic E-state index is 11.1. The second kappa shape index (κ2) is 3.79. The number of hydrogen-bond acceptors (Lipinski definition) is 4. The van der Waals surface area contributed by atoms with Crippen LogP contribution in [0.25, 0.3) is 0 Å². The number of nitrogens with one attached hydrogen (secondary N) is 1. The summed E-state index contributed by atoms with van der Waals surface area (Å²) in [6.07, 6.45) is -3.02. The van der Waals surface area contributed by atoms with Gasteiger partial charge < -0.3 is 20.6 Å². The zero-order valence-electron chi connectivity index (χ0n) is 8.60. The molecule has 1 aliphatic heterocycles. The third-order valence-corrected chi connectivity index (χ3v) is 2.70. The maximum Gasteiger partial charge on any atom is 0.334 e. The molecule has 3 atom stereocenters. The first kappa shape index (κ1) is 11.9. The summed E-state index contributed by atoms with van der Waals surface area (Å²) < 4.78 is 0. The molecule has 1 rings (SSSR count). The van der Waals surface area contributed by atoms with Crippen molar-refractivity contribution in [1.82, 2.24) is 5.32 Å². The van der Waals surface area contributed by atoms with Crippen molar-refractivity contribution in [3.8, 4) is 0 Å². The summed E-state index contributed by atoms with van der Waals surface area (Å²) in [5, 5.41) is 30.6. The van der Waals surface area contributed by atoms with Gasteiger partial charge in [0.2, 0.25) is 5.91 Å². The number of aliphatic hydroxyl groups is 2. The molecule has 3 unspecified atom stereocenters. The first-order valence-corrected chi connectivity index (χ1v) is 4.73. The lowest BCUT2D eigenvalue weighted by atomic mass is 9.82. The largest absolute Gasteiger partial charge is 0.479 e. The quantitative estimate of drug-likeness (QED) is 0.470. The number of rotatable bonds is 3. The molecule has 0 aromatic carbocycles. The van der Waals surface area contributed by atoms with Gasteiger partial charge in [0.05, 0.1) is 18.6 Å². The Morgan fingerprint density at radius 1 is 1.60 bits per heavy atom. The van der Waals surface area contributed by atoms with Crippen molar-refractivity contribution in [2.75, 3.05) is 0 Å². The first-order valence-electron chi connectivity index (χ1n) is 4.73. The van der Waals surface area contributed by atoms with Crippen LogP contribution in [0.5, 0.6) is 0 Å². The monoisotopic (exact) mass is 217 g/mol. The summed E-state index contributed by atoms with van der Waals surface area (Å²) in [6.45, 7) is 3.24. The fraction of sp³-hybridized carbons (Fsp3) is 0.778. The Kier molecular flexibility index (Phi) is 3.01. The lowest BCUT2D eigenvalue weighted by Crippen LogP contribution is -2.64. The van der Waals surface area contributed by atoms with E-state index in [2.05, 4.69) is 5.32 Å². The molecule has 15 heavy (non-hydrogen) atoms. The molecule has 0 saturated carbocycles. The lowest BCUT2D eigenvalue weighted by Gasteiger charge is -2.34. The average molecular weight is 217 g/mol. The third-order valence-electron chi connectivity index (χ3n) is 2.70. The van der Waals surface area contributed by atoms with E-state index in [9.17, 15) is 19.8 Å². The van der Waals surface area contributed by atoms with E-state index in [-0.39, 0.29) is 12.3 Å². The highest BCUT2D eigenvalue weighted by Crippen LogP contribution is 2.28. The van der Waals surface area contributed by atoms with Gasteiger partial charge in [-0.15, -0.1) is 0 Å². The summed E-state index contributed by atoms with van der Waals surface area (Å²) in [7, 11) is 0. The Bertz CT molecular complexity index is 290. The zero-order chi connectivity index (χ0) is 11.8. The molecule has 0 aromatic heterocycles. The van der Waals surface area contributed by atoms with Gasteiger partial charge >= 0.3 is 5.97 Å². The highest BCUT2D eigenvalue weighted by atomic mass is 16.4. The van der Waals surface area contributed by atoms with Crippen LogP contribution < -0.4 is 5.32 Å². The summed E-state index contributed by atoms with van der Waals surface area (Å²) in [4.78, 5) is 22.1. The van der Waals surface area contributed by atoms with Gasteiger partial charge in [-0.1, -0.05) is 13.8 Å². The molecule has 1 aliphatic rings. The topological polar surface area (TPSA) is 107 Å². The molecule has 86 valence electrons. The van der Waals surface area contributed by atoms with Crippen LogP contribution in [-0.4, -0.2) is 44.9 Å². The molecule has 0 bridgehead atoms. The van der Waals surface area contributed by atoms with E-state index in [1.54, 1.807) is 13.8 Å². The SMILES string of the molecule is CC(C)C(O)C1(C(=O)O)NC(=O)CC1O. The Labute approximate surface area is 86.9 Å². The average Bonchev–Trinajstić information content (AvgIpc) is 2.40. The minimum atomic E-state index is -1.97. The Hall–Kier alpha value is -1.14. The molecule has 1 saturated heterocycles. The van der Waals surface area contributed by atoms with Crippen molar-refractivity contribution in [1.29, 1.82) is 0 Å². The minimum Gasteiger partial charge on any atom is -0.479 e. The summed E-state index contributed by atoms with van der Waals surface area (Å²) in [5.41, 5.74) is -1.97. The second-order valence-corrected chi connectivity index (χ2v) is 4.13. The van der Waals surface area contributed by atoms with E-state index in [1.807, 2.05) is 0 Å². The van der Waals surface area contributed by atoms with Crippen molar-refractivity contribution in [3.63, 3.8) is 0 Å². The molecular formula is C9H15NO5. The van der Waals surface area contributed by atoms with E-state index >= 15 is 0 Å². The van der Waals surface area contributed by atoms with Gasteiger partial charge in [0.1, 0.15) is 0 Å². The number of carboxylic acid groups (broad SMARTS) is 1. The molecule has 0 radical (unpaired) electrons. The fourth-order valence-electron chi connectivity index (χ4n) is 1.82. The van der Waals surface area contributed by atoms with Gasteiger partial charge in [0, 0.05) is 0 Å². The Balaban J connectivity index is 3.09. The van der Waals surface area contributed by atoms with E-state index in [1.165, 1.54) is 0 Å². The predicted octanol–water partition coefficient (Wildman–Crippen LogP) is -1.29. The predicted molar refractivity (Wildman–Crippen MR) is 50.0 cm³/mol. The molecular weight excluding hydrogens is 202 g/mol. The van der Waals surface area contributed by atoms with E-state index in [0.717, 1.165) is 0 Å². The lowest BCUT2D eigenvalue weighted by molar-refractivity contribution is -0.158. The third kappa shape index (κ3) is 1.70. The molecule has 0 spiro atoms. The number of carboxylic acids is 1. The van der Waals surface area contributed by atoms with Gasteiger partial charge in [-0.3, -0.25) is 4.79 Å². The van der Waals surface area contributed by atoms with Crippen molar-refractivity contribution in [3.05, 3.63) is 0 Å². The highest BCUT2D eigenvalue weighted by molar-refractivity contribution is 5.92. The van der Waals surface area contributed by atoms with Crippen LogP contribution in [0, 0.1) is 5.92 Å². The van der Waals surface area contributed by atoms with Crippen LogP contribution in [0.4, 0.5) is 0 Å². The number of aliphatic carboxylic acids is 1. The van der Waals surface area contributed by atoms with Gasteiger partial charge in [0.15, 0.2) is 5.54 Å². The fourth-order valence-corrected chi connectivity index (χ4v) is 1.82. The van der Waals surface area contributed by atoms with Crippen molar-refractivity contribution in [2.45, 2.75) is 38.0 Å². The summed E-state index contributed by atoms with van der Waals surface area (Å²) >= 11 is 0. The van der Waals surface area contributed by atoms with Crippen molar-refractivity contribution in [2.24, 2.45) is 5.92 Å². The standard InChI is InChI=1S/C9H15NO5/c1-4(2)7(13)9(8(14)15)5(11)3-6(12)10-9/h4-5,7,11,13H,3H2,1-2H3,(H,10,12)(H,14,15). The normalized spacial score (nSPS) is 32.9. The van der Waals surface area contributed by atoms with Crippen LogP contribution in [0.3, 0.4) is 0 Å². The molecule has 6 nitrogen and oxygen atoms in total. The number of hydrogen-bond donors (Lipinski definition) is 4. The van der Waals surface area contributed by atoms with Gasteiger partial charge in [-0.25, -0.2) is 4.79 Å². The van der Waals surface area contributed by atoms with Crippen molar-refractivity contribution < 1.29 is 24.9 Å². The Morgan fingerprint density at radius 3 is 2.40 bits per heavy atom. The van der Waals surface area contributed by atoms with E-state index < -0.39 is 29.6 Å². The molecule has 4 N–H and O–H groups in total. The van der Waals surface area contributed by atoms with Crippen LogP contribution in [-0.2, 0) is 9.59 Å². The molecule has 0 aliphatic carbocycles. The van der Waals surface area contributed by atoms with Gasteiger partial charge in [-0.2, -0.15) is 0 Å². The van der Waals surface area contributed by atoms with Crippen molar-refractivity contribution >= 4 is 11.9 Å². The summed E-state index contributed by atoms with van der Waals surface area (Å²) in [5.74, 6) is -2.36. The molecule has 6 heteroatoms. The number of carbonyl (C=O) groups is 2. The van der Waals surface area contributed by atoms with Crippen LogP contribution in [0.15, 0.2) is 0 Å². The number of amides is 1. The molecule has 1 amide bonds. The highest BCUT2D eigenvalue weighted by Gasteiger charge is 2.57. The molecule has 0 aromatic rings. The number of aliphatic hydroxyl groups excluding tert-OH is 2. The van der Waals surface area contributed by atoms with Crippen LogP contribution >= 0.6 is 0 Å². The maximum atomic E-state index is 11.1. The number of carbonyl (C=O) groups excluding carboxylic acids is 1. The second-order valence-electron chi connectivity index (χ2n) is 4.13. The Morgan fingerprint density at radius 2 is 2.13 bits per heavy atom. The van der Waals surface area contributed by atoms with Gasteiger partial charge in [0.25, 0.3) is 0 Å². The smallest absolute Gasteiger partial charge is 0.334 e. The zero-order valence-corrected chi connectivity index (χ0v) is 8.60. The van der Waals surface area contributed by atoms with E-state index in [0.29, 0.717) is 0 Å². The molecule has 1 heterocycles.